The predicted octanol–water partition coefficient (Wildman–Crippen LogP) is 4.19. The first-order chi connectivity index (χ1) is 13.2. The Bertz CT molecular complexity index is 770. The lowest BCUT2D eigenvalue weighted by Crippen LogP contribution is -2.29. The second-order valence-electron chi connectivity index (χ2n) is 8.20. The molecule has 1 aromatic carbocycles. The molecule has 0 bridgehead atoms. The van der Waals surface area contributed by atoms with Crippen LogP contribution in [0.2, 0.25) is 0 Å². The quantitative estimate of drug-likeness (QED) is 0.733. The second-order valence-corrected chi connectivity index (χ2v) is 8.20. The summed E-state index contributed by atoms with van der Waals surface area (Å²) in [6.07, 6.45) is 5.03. The first kappa shape index (κ1) is 23.9. The Morgan fingerprint density at radius 3 is 2.48 bits per heavy atom. The molecule has 1 aromatic heterocycles. The summed E-state index contributed by atoms with van der Waals surface area (Å²) in [4.78, 5) is 14.1. The predicted molar refractivity (Wildman–Crippen MR) is 124 cm³/mol. The molecule has 160 valence electrons. The summed E-state index contributed by atoms with van der Waals surface area (Å²) in [5.74, 6) is 2.20. The van der Waals surface area contributed by atoms with E-state index in [9.17, 15) is 0 Å². The molecule has 0 spiro atoms. The second kappa shape index (κ2) is 10.6. The fourth-order valence-electron chi connectivity index (χ4n) is 4.89. The van der Waals surface area contributed by atoms with Gasteiger partial charge < -0.3 is 5.32 Å². The zero-order chi connectivity index (χ0) is 18.8. The minimum Gasteiger partial charge on any atom is -0.354 e. The van der Waals surface area contributed by atoms with Gasteiger partial charge in [0.1, 0.15) is 0 Å². The first-order valence-electron chi connectivity index (χ1n) is 10.2. The molecule has 29 heavy (non-hydrogen) atoms. The van der Waals surface area contributed by atoms with Crippen molar-refractivity contribution < 1.29 is 0 Å². The number of anilines is 1. The van der Waals surface area contributed by atoms with Gasteiger partial charge >= 0.3 is 0 Å². The topological polar surface area (TPSA) is 44.3 Å². The van der Waals surface area contributed by atoms with Gasteiger partial charge in [0.15, 0.2) is 0 Å². The number of likely N-dealkylation sites (tertiary alicyclic amines) is 2. The highest BCUT2D eigenvalue weighted by atomic mass is 35.5. The molecule has 0 unspecified atom stereocenters. The molecular formula is C22H33Cl2N5. The molecular weight excluding hydrogens is 405 g/mol. The molecule has 5 nitrogen and oxygen atoms in total. The van der Waals surface area contributed by atoms with Gasteiger partial charge in [-0.2, -0.15) is 0 Å². The van der Waals surface area contributed by atoms with Gasteiger partial charge in [-0.15, -0.1) is 24.8 Å². The number of benzene rings is 1. The molecule has 3 atom stereocenters. The number of hydrogen-bond acceptors (Lipinski definition) is 5. The van der Waals surface area contributed by atoms with Crippen LogP contribution in [0.25, 0.3) is 0 Å². The largest absolute Gasteiger partial charge is 0.354 e. The van der Waals surface area contributed by atoms with Crippen LogP contribution in [0.15, 0.2) is 36.7 Å². The zero-order valence-corrected chi connectivity index (χ0v) is 19.2. The Balaban J connectivity index is 0.00000150. The Hall–Kier alpha value is -1.40. The molecule has 4 rings (SSSR count). The van der Waals surface area contributed by atoms with Crippen LogP contribution < -0.4 is 5.32 Å². The van der Waals surface area contributed by atoms with Crippen molar-refractivity contribution in [3.05, 3.63) is 53.3 Å². The van der Waals surface area contributed by atoms with Gasteiger partial charge in [-0.1, -0.05) is 31.2 Å². The molecule has 7 heteroatoms. The van der Waals surface area contributed by atoms with Crippen molar-refractivity contribution in [1.82, 2.24) is 19.8 Å². The van der Waals surface area contributed by atoms with Crippen molar-refractivity contribution in [2.24, 2.45) is 11.8 Å². The maximum absolute atomic E-state index is 4.46. The summed E-state index contributed by atoms with van der Waals surface area (Å²) in [5.41, 5.74) is 4.12. The van der Waals surface area contributed by atoms with E-state index in [4.69, 9.17) is 0 Å². The van der Waals surface area contributed by atoms with E-state index in [2.05, 4.69) is 70.2 Å². The third kappa shape index (κ3) is 5.21. The average Bonchev–Trinajstić information content (AvgIpc) is 3.17. The smallest absolute Gasteiger partial charge is 0.222 e. The minimum absolute atomic E-state index is 0. The van der Waals surface area contributed by atoms with E-state index >= 15 is 0 Å². The summed E-state index contributed by atoms with van der Waals surface area (Å²) < 4.78 is 0. The van der Waals surface area contributed by atoms with E-state index in [1.165, 1.54) is 29.8 Å². The van der Waals surface area contributed by atoms with Gasteiger partial charge in [-0.3, -0.25) is 9.80 Å². The SMILES string of the molecule is CCCNc1ncc(CN2C[C@@H]3CN(C)[C@@H](c4ccccc4C)[C@@H]3C2)cn1.Cl.Cl. The molecule has 2 saturated heterocycles. The van der Waals surface area contributed by atoms with Gasteiger partial charge in [0.25, 0.3) is 0 Å². The number of hydrogen-bond donors (Lipinski definition) is 1. The van der Waals surface area contributed by atoms with Crippen molar-refractivity contribution in [3.8, 4) is 0 Å². The number of nitrogens with one attached hydrogen (secondary N) is 1. The Morgan fingerprint density at radius 2 is 1.79 bits per heavy atom. The Morgan fingerprint density at radius 1 is 1.07 bits per heavy atom. The molecule has 2 aliphatic rings. The number of fused-ring (bicyclic) bond motifs is 1. The summed E-state index contributed by atoms with van der Waals surface area (Å²) >= 11 is 0. The lowest BCUT2D eigenvalue weighted by atomic mass is 9.88. The van der Waals surface area contributed by atoms with Crippen molar-refractivity contribution >= 4 is 30.8 Å². The lowest BCUT2D eigenvalue weighted by Gasteiger charge is -2.28. The van der Waals surface area contributed by atoms with Gasteiger partial charge in [-0.05, 0) is 43.4 Å². The molecule has 0 amide bonds. The Kier molecular flexibility index (Phi) is 8.71. The normalized spacial score (nSPS) is 23.9. The van der Waals surface area contributed by atoms with Crippen LogP contribution in [0.1, 0.15) is 36.1 Å². The van der Waals surface area contributed by atoms with Crippen LogP contribution >= 0.6 is 24.8 Å². The maximum Gasteiger partial charge on any atom is 0.222 e. The standard InChI is InChI=1S/C22H31N5.2ClH/c1-4-9-23-22-24-10-17(11-25-22)12-27-14-18-13-26(3)21(20(18)15-27)19-8-6-5-7-16(19)2;;/h5-8,10-11,18,20-21H,4,9,12-15H2,1-3H3,(H,23,24,25);2*1H/t18-,20+,21-;;/m0../s1. The highest BCUT2D eigenvalue weighted by Gasteiger charge is 2.46. The zero-order valence-electron chi connectivity index (χ0n) is 17.5. The molecule has 0 saturated carbocycles. The third-order valence-corrected chi connectivity index (χ3v) is 6.12. The number of nitrogens with zero attached hydrogens (tertiary/aromatic N) is 4. The van der Waals surface area contributed by atoms with Crippen LogP contribution in [-0.4, -0.2) is 53.0 Å². The summed E-state index contributed by atoms with van der Waals surface area (Å²) in [7, 11) is 2.29. The van der Waals surface area contributed by atoms with Crippen LogP contribution in [-0.2, 0) is 6.54 Å². The molecule has 0 radical (unpaired) electrons. The van der Waals surface area contributed by atoms with Crippen molar-refractivity contribution in [1.29, 1.82) is 0 Å². The van der Waals surface area contributed by atoms with Gasteiger partial charge in [-0.25, -0.2) is 9.97 Å². The van der Waals surface area contributed by atoms with Gasteiger partial charge in [0.05, 0.1) is 0 Å². The molecule has 2 fully saturated rings. The molecule has 0 aliphatic carbocycles. The lowest BCUT2D eigenvalue weighted by molar-refractivity contribution is 0.224. The highest BCUT2D eigenvalue weighted by molar-refractivity contribution is 5.85. The Labute approximate surface area is 187 Å². The molecule has 1 N–H and O–H groups in total. The average molecular weight is 438 g/mol. The van der Waals surface area contributed by atoms with Crippen LogP contribution in [0, 0.1) is 18.8 Å². The summed E-state index contributed by atoms with van der Waals surface area (Å²) in [6.45, 7) is 9.78. The van der Waals surface area contributed by atoms with Crippen molar-refractivity contribution in [2.45, 2.75) is 32.9 Å². The van der Waals surface area contributed by atoms with Crippen LogP contribution in [0.4, 0.5) is 5.95 Å². The highest BCUT2D eigenvalue weighted by Crippen LogP contribution is 2.45. The number of rotatable bonds is 6. The van der Waals surface area contributed by atoms with Crippen LogP contribution in [0.3, 0.4) is 0 Å². The van der Waals surface area contributed by atoms with E-state index in [0.29, 0.717) is 12.0 Å². The number of aromatic nitrogens is 2. The van der Waals surface area contributed by atoms with E-state index in [1.54, 1.807) is 0 Å². The monoisotopic (exact) mass is 437 g/mol. The number of aryl methyl sites for hydroxylation is 1. The van der Waals surface area contributed by atoms with Gasteiger partial charge in [0, 0.05) is 56.7 Å². The van der Waals surface area contributed by atoms with Gasteiger partial charge in [0.2, 0.25) is 5.95 Å². The fraction of sp³-hybridized carbons (Fsp3) is 0.545. The van der Waals surface area contributed by atoms with E-state index < -0.39 is 0 Å². The fourth-order valence-corrected chi connectivity index (χ4v) is 4.89. The summed E-state index contributed by atoms with van der Waals surface area (Å²) in [5, 5.41) is 3.24. The van der Waals surface area contributed by atoms with Crippen molar-refractivity contribution in [2.75, 3.05) is 38.5 Å². The van der Waals surface area contributed by atoms with Crippen LogP contribution in [0.5, 0.6) is 0 Å². The van der Waals surface area contributed by atoms with Crippen molar-refractivity contribution in [3.63, 3.8) is 0 Å². The van der Waals surface area contributed by atoms with E-state index in [0.717, 1.165) is 37.9 Å². The van der Waals surface area contributed by atoms with E-state index in [1.807, 2.05) is 12.4 Å². The molecule has 2 aliphatic heterocycles. The summed E-state index contributed by atoms with van der Waals surface area (Å²) in [6, 6.07) is 9.43. The minimum atomic E-state index is 0. The molecule has 3 heterocycles. The number of halogens is 2. The van der Waals surface area contributed by atoms with E-state index in [-0.39, 0.29) is 24.8 Å². The third-order valence-electron chi connectivity index (χ3n) is 6.12. The first-order valence-corrected chi connectivity index (χ1v) is 10.2. The molecule has 2 aromatic rings. The maximum atomic E-state index is 4.46.